The van der Waals surface area contributed by atoms with Crippen LogP contribution in [0.4, 0.5) is 5.69 Å². The standard InChI is InChI=1S/C27H33N3O2/c1-29-23-10-5-4-9-20(23)26(28-13-8-16-30-14-6-7-15-30)21-12-11-19-17-24(31-2)25(32-3)18-22(19)27(21)29/h4-5,9-10,17-18H,6-8,11-16H2,1-3H3/p+1. The molecule has 168 valence electrons. The molecule has 5 rings (SSSR count). The van der Waals surface area contributed by atoms with Crippen molar-refractivity contribution < 1.29 is 14.0 Å². The van der Waals surface area contributed by atoms with Crippen molar-refractivity contribution in [2.24, 2.45) is 7.05 Å². The van der Waals surface area contributed by atoms with Gasteiger partial charge in [0.1, 0.15) is 7.05 Å². The van der Waals surface area contributed by atoms with Crippen molar-refractivity contribution in [1.29, 1.82) is 0 Å². The number of likely N-dealkylation sites (tertiary alicyclic amines) is 1. The molecule has 0 unspecified atom stereocenters. The van der Waals surface area contributed by atoms with Crippen LogP contribution in [0.15, 0.2) is 36.4 Å². The molecule has 2 aliphatic rings. The largest absolute Gasteiger partial charge is 0.493 e. The normalized spacial score (nSPS) is 15.5. The lowest BCUT2D eigenvalue weighted by atomic mass is 9.86. The van der Waals surface area contributed by atoms with E-state index in [1.54, 1.807) is 14.2 Å². The van der Waals surface area contributed by atoms with Crippen molar-refractivity contribution in [2.75, 3.05) is 45.7 Å². The molecule has 0 saturated carbocycles. The van der Waals surface area contributed by atoms with Crippen molar-refractivity contribution in [3.05, 3.63) is 47.5 Å². The van der Waals surface area contributed by atoms with Gasteiger partial charge in [0, 0.05) is 18.2 Å². The van der Waals surface area contributed by atoms with Gasteiger partial charge < -0.3 is 19.7 Å². The van der Waals surface area contributed by atoms with Crippen molar-refractivity contribution in [2.45, 2.75) is 32.1 Å². The highest BCUT2D eigenvalue weighted by atomic mass is 16.5. The average molecular weight is 433 g/mol. The van der Waals surface area contributed by atoms with Crippen molar-refractivity contribution in [3.8, 4) is 22.8 Å². The fourth-order valence-corrected chi connectivity index (χ4v) is 5.50. The van der Waals surface area contributed by atoms with Gasteiger partial charge in [-0.25, -0.2) is 0 Å². The maximum Gasteiger partial charge on any atom is 0.218 e. The van der Waals surface area contributed by atoms with E-state index < -0.39 is 0 Å². The smallest absolute Gasteiger partial charge is 0.218 e. The summed E-state index contributed by atoms with van der Waals surface area (Å²) in [5, 5.41) is 5.16. The Hall–Kier alpha value is -2.79. The molecular formula is C27H34N3O2+. The van der Waals surface area contributed by atoms with Crippen LogP contribution in [0.25, 0.3) is 22.2 Å². The Morgan fingerprint density at radius 1 is 1.00 bits per heavy atom. The van der Waals surface area contributed by atoms with Gasteiger partial charge in [-0.2, -0.15) is 4.57 Å². The highest BCUT2D eigenvalue weighted by Crippen LogP contribution is 2.42. The Balaban J connectivity index is 1.56. The van der Waals surface area contributed by atoms with E-state index in [-0.39, 0.29) is 0 Å². The first-order chi connectivity index (χ1) is 15.7. The number of aromatic nitrogens is 1. The maximum absolute atomic E-state index is 5.65. The monoisotopic (exact) mass is 432 g/mol. The van der Waals surface area contributed by atoms with Gasteiger partial charge in [-0.1, -0.05) is 12.1 Å². The van der Waals surface area contributed by atoms with Crippen LogP contribution >= 0.6 is 0 Å². The molecule has 0 atom stereocenters. The molecule has 1 fully saturated rings. The number of para-hydroxylation sites is 1. The first kappa shape index (κ1) is 21.1. The SMILES string of the molecule is COc1cc2c(cc1OC)-c1c(c(NCCCN3CCCC3)c3ccccc3[n+]1C)CC2. The number of pyridine rings is 1. The highest BCUT2D eigenvalue weighted by molar-refractivity contribution is 5.94. The number of nitrogens with one attached hydrogen (secondary N) is 1. The molecule has 0 spiro atoms. The number of fused-ring (bicyclic) bond motifs is 4. The third-order valence-electron chi connectivity index (χ3n) is 7.12. The van der Waals surface area contributed by atoms with Crippen LogP contribution in [0.2, 0.25) is 0 Å². The second-order valence-electron chi connectivity index (χ2n) is 8.97. The van der Waals surface area contributed by atoms with Gasteiger partial charge in [0.25, 0.3) is 0 Å². The fraction of sp³-hybridized carbons (Fsp3) is 0.444. The number of hydrogen-bond acceptors (Lipinski definition) is 4. The molecule has 2 aromatic carbocycles. The molecule has 5 nitrogen and oxygen atoms in total. The Labute approximate surface area is 191 Å². The number of benzene rings is 2. The Morgan fingerprint density at radius 2 is 1.75 bits per heavy atom. The van der Waals surface area contributed by atoms with Crippen molar-refractivity contribution in [1.82, 2.24) is 4.90 Å². The van der Waals surface area contributed by atoms with E-state index in [0.717, 1.165) is 30.9 Å². The molecule has 0 bridgehead atoms. The quantitative estimate of drug-likeness (QED) is 0.445. The lowest BCUT2D eigenvalue weighted by Gasteiger charge is -2.24. The number of anilines is 1. The molecular weight excluding hydrogens is 398 g/mol. The minimum atomic E-state index is 0.785. The summed E-state index contributed by atoms with van der Waals surface area (Å²) < 4.78 is 13.6. The molecule has 5 heteroatoms. The molecule has 32 heavy (non-hydrogen) atoms. The summed E-state index contributed by atoms with van der Waals surface area (Å²) in [6.45, 7) is 4.72. The minimum Gasteiger partial charge on any atom is -0.493 e. The molecule has 2 heterocycles. The number of rotatable bonds is 7. The van der Waals surface area contributed by atoms with Crippen LogP contribution in [0.1, 0.15) is 30.4 Å². The maximum atomic E-state index is 5.65. The molecule has 1 saturated heterocycles. The molecule has 3 aromatic rings. The van der Waals surface area contributed by atoms with Crippen LogP contribution in [0.5, 0.6) is 11.5 Å². The predicted octanol–water partition coefficient (Wildman–Crippen LogP) is 4.34. The summed E-state index contributed by atoms with van der Waals surface area (Å²) >= 11 is 0. The van der Waals surface area contributed by atoms with Crippen LogP contribution in [0.3, 0.4) is 0 Å². The molecule has 0 amide bonds. The van der Waals surface area contributed by atoms with E-state index in [2.05, 4.69) is 58.2 Å². The lowest BCUT2D eigenvalue weighted by molar-refractivity contribution is -0.634. The number of ether oxygens (including phenoxy) is 2. The first-order valence-electron chi connectivity index (χ1n) is 11.9. The molecule has 1 N–H and O–H groups in total. The average Bonchev–Trinajstić information content (AvgIpc) is 3.35. The zero-order chi connectivity index (χ0) is 22.1. The minimum absolute atomic E-state index is 0.785. The van der Waals surface area contributed by atoms with Crippen LogP contribution in [-0.2, 0) is 19.9 Å². The van der Waals surface area contributed by atoms with Gasteiger partial charge in [0.05, 0.1) is 30.9 Å². The third kappa shape index (κ3) is 3.69. The van der Waals surface area contributed by atoms with Gasteiger partial charge >= 0.3 is 0 Å². The summed E-state index contributed by atoms with van der Waals surface area (Å²) in [7, 11) is 5.60. The number of nitrogens with zero attached hydrogens (tertiary/aromatic N) is 2. The number of aryl methyl sites for hydroxylation is 2. The second-order valence-corrected chi connectivity index (χ2v) is 8.97. The summed E-state index contributed by atoms with van der Waals surface area (Å²) in [5.41, 5.74) is 7.81. The van der Waals surface area contributed by atoms with E-state index in [9.17, 15) is 0 Å². The fourth-order valence-electron chi connectivity index (χ4n) is 5.50. The number of methoxy groups -OCH3 is 2. The highest BCUT2D eigenvalue weighted by Gasteiger charge is 2.31. The molecule has 1 aliphatic carbocycles. The first-order valence-corrected chi connectivity index (χ1v) is 11.9. The van der Waals surface area contributed by atoms with Crippen LogP contribution in [0, 0.1) is 0 Å². The number of hydrogen-bond donors (Lipinski definition) is 1. The van der Waals surface area contributed by atoms with Crippen LogP contribution in [-0.4, -0.2) is 45.3 Å². The van der Waals surface area contributed by atoms with Crippen molar-refractivity contribution in [3.63, 3.8) is 0 Å². The van der Waals surface area contributed by atoms with Crippen LogP contribution < -0.4 is 19.4 Å². The summed E-state index contributed by atoms with van der Waals surface area (Å²) in [5.74, 6) is 1.59. The lowest BCUT2D eigenvalue weighted by Crippen LogP contribution is -2.36. The van der Waals surface area contributed by atoms with Gasteiger partial charge in [-0.05, 0) is 75.5 Å². The summed E-state index contributed by atoms with van der Waals surface area (Å²) in [4.78, 5) is 2.59. The third-order valence-corrected chi connectivity index (χ3v) is 7.12. The zero-order valence-corrected chi connectivity index (χ0v) is 19.5. The molecule has 1 aliphatic heterocycles. The van der Waals surface area contributed by atoms with Gasteiger partial charge in [-0.15, -0.1) is 0 Å². The van der Waals surface area contributed by atoms with Gasteiger partial charge in [0.15, 0.2) is 11.5 Å². The van der Waals surface area contributed by atoms with E-state index in [0.29, 0.717) is 0 Å². The molecule has 1 aromatic heterocycles. The zero-order valence-electron chi connectivity index (χ0n) is 19.5. The molecule has 0 radical (unpaired) electrons. The Bertz CT molecular complexity index is 1140. The van der Waals surface area contributed by atoms with Gasteiger partial charge in [0.2, 0.25) is 11.2 Å². The van der Waals surface area contributed by atoms with E-state index in [4.69, 9.17) is 9.47 Å². The van der Waals surface area contributed by atoms with Gasteiger partial charge in [-0.3, -0.25) is 0 Å². The van der Waals surface area contributed by atoms with E-state index in [1.165, 1.54) is 77.9 Å². The second kappa shape index (κ2) is 8.99. The Kier molecular flexibility index (Phi) is 5.92. The van der Waals surface area contributed by atoms with Crippen molar-refractivity contribution >= 4 is 16.6 Å². The Morgan fingerprint density at radius 3 is 2.53 bits per heavy atom. The van der Waals surface area contributed by atoms with E-state index in [1.807, 2.05) is 0 Å². The van der Waals surface area contributed by atoms with E-state index >= 15 is 0 Å². The topological polar surface area (TPSA) is 37.6 Å². The summed E-state index contributed by atoms with van der Waals surface area (Å²) in [6, 6.07) is 13.1. The summed E-state index contributed by atoms with van der Waals surface area (Å²) in [6.07, 6.45) is 5.91. The predicted molar refractivity (Wildman–Crippen MR) is 130 cm³/mol.